The first-order valence-electron chi connectivity index (χ1n) is 5.95. The molecule has 2 saturated heterocycles. The highest BCUT2D eigenvalue weighted by Gasteiger charge is 2.34. The van der Waals surface area contributed by atoms with E-state index in [2.05, 4.69) is 31.9 Å². The molecule has 2 fully saturated rings. The summed E-state index contributed by atoms with van der Waals surface area (Å²) in [5.41, 5.74) is 2.21. The fourth-order valence-electron chi connectivity index (χ4n) is 2.70. The molecule has 2 atom stereocenters. The Morgan fingerprint density at radius 2 is 2.21 bits per heavy atom. The van der Waals surface area contributed by atoms with Gasteiger partial charge in [-0.2, -0.15) is 0 Å². The summed E-state index contributed by atoms with van der Waals surface area (Å²) in [5.74, 6) is 0.793. The van der Waals surface area contributed by atoms with Crippen LogP contribution in [0, 0.1) is 5.92 Å². The number of hydrogen-bond acceptors (Lipinski definition) is 2. The molecule has 1 aromatic rings. The number of piperidine rings is 1. The van der Waals surface area contributed by atoms with Crippen molar-refractivity contribution < 1.29 is 0 Å². The smallest absolute Gasteiger partial charge is 0.0789 e. The largest absolute Gasteiger partial charge is 0.373 e. The summed E-state index contributed by atoms with van der Waals surface area (Å²) in [7, 11) is 0. The summed E-state index contributed by atoms with van der Waals surface area (Å²) in [6, 6.07) is 3.94. The third kappa shape index (κ3) is 3.57. The van der Waals surface area contributed by atoms with Crippen molar-refractivity contribution in [2.24, 2.45) is 5.92 Å². The number of pyridine rings is 1. The number of hydrogen-bond donors (Lipinski definition) is 0. The Labute approximate surface area is 139 Å². The van der Waals surface area contributed by atoms with Gasteiger partial charge in [-0.1, -0.05) is 0 Å². The number of nitrogens with zero attached hydrogens (tertiary/aromatic N) is 2. The van der Waals surface area contributed by atoms with E-state index in [-0.39, 0.29) is 30.2 Å². The van der Waals surface area contributed by atoms with Gasteiger partial charge in [-0.15, -0.1) is 36.4 Å². The third-order valence-corrected chi connectivity index (χ3v) is 4.66. The predicted octanol–water partition coefficient (Wildman–Crippen LogP) is 4.36. The minimum Gasteiger partial charge on any atom is -0.373 e. The lowest BCUT2D eigenvalue weighted by molar-refractivity contribution is 0.341. The Morgan fingerprint density at radius 3 is 2.95 bits per heavy atom. The minimum atomic E-state index is 0. The molecular formula is C13H16BrCl3N2. The quantitative estimate of drug-likeness (QED) is 0.667. The van der Waals surface area contributed by atoms with Gasteiger partial charge in [0.15, 0.2) is 0 Å². The fourth-order valence-corrected chi connectivity index (χ4v) is 3.52. The molecule has 2 aliphatic heterocycles. The maximum atomic E-state index is 6.46. The van der Waals surface area contributed by atoms with E-state index in [1.54, 1.807) is 0 Å². The molecule has 0 aromatic carbocycles. The molecule has 0 spiro atoms. The molecule has 2 unspecified atom stereocenters. The van der Waals surface area contributed by atoms with Crippen molar-refractivity contribution in [3.8, 4) is 0 Å². The molecule has 0 radical (unpaired) electrons. The van der Waals surface area contributed by atoms with Gasteiger partial charge in [0.1, 0.15) is 0 Å². The van der Waals surface area contributed by atoms with Crippen LogP contribution in [0.25, 0.3) is 6.08 Å². The first-order chi connectivity index (χ1) is 8.24. The molecule has 0 saturated carbocycles. The monoisotopic (exact) mass is 384 g/mol. The van der Waals surface area contributed by atoms with Crippen LogP contribution in [0.5, 0.6) is 0 Å². The molecule has 106 valence electrons. The molecule has 2 nitrogen and oxygen atoms in total. The maximum absolute atomic E-state index is 6.46. The summed E-state index contributed by atoms with van der Waals surface area (Å²) in [4.78, 5) is 6.79. The molecule has 1 aromatic heterocycles. The van der Waals surface area contributed by atoms with Crippen molar-refractivity contribution in [3.63, 3.8) is 0 Å². The first-order valence-corrected chi connectivity index (χ1v) is 7.18. The van der Waals surface area contributed by atoms with Gasteiger partial charge in [0.05, 0.1) is 11.1 Å². The lowest BCUT2D eigenvalue weighted by atomic mass is 9.98. The molecule has 19 heavy (non-hydrogen) atoms. The molecule has 0 N–H and O–H groups in total. The van der Waals surface area contributed by atoms with E-state index >= 15 is 0 Å². The lowest BCUT2D eigenvalue weighted by Gasteiger charge is -2.31. The van der Waals surface area contributed by atoms with Gasteiger partial charge in [-0.05, 0) is 52.9 Å². The standard InChI is InChI=1S/C13H14BrClN2.2ClH/c14-10-2-1-4-16-12(10)7-13-11(15)6-9-3-5-17(13)8-9;;/h1-2,4,7,9,11H,3,5-6,8H2;2*1H/b13-7-;;. The van der Waals surface area contributed by atoms with Gasteiger partial charge in [-0.25, -0.2) is 0 Å². The van der Waals surface area contributed by atoms with Crippen LogP contribution in [-0.2, 0) is 0 Å². The molecule has 2 bridgehead atoms. The van der Waals surface area contributed by atoms with Gasteiger partial charge in [-0.3, -0.25) is 4.98 Å². The second kappa shape index (κ2) is 7.16. The van der Waals surface area contributed by atoms with Crippen LogP contribution in [0.3, 0.4) is 0 Å². The van der Waals surface area contributed by atoms with Crippen molar-refractivity contribution in [1.82, 2.24) is 9.88 Å². The summed E-state index contributed by atoms with van der Waals surface area (Å²) < 4.78 is 1.03. The van der Waals surface area contributed by atoms with Gasteiger partial charge in [0.25, 0.3) is 0 Å². The van der Waals surface area contributed by atoms with Crippen LogP contribution in [0.1, 0.15) is 18.5 Å². The van der Waals surface area contributed by atoms with E-state index in [9.17, 15) is 0 Å². The van der Waals surface area contributed by atoms with Crippen LogP contribution < -0.4 is 0 Å². The Hall–Kier alpha value is 0.0400. The molecular weight excluding hydrogens is 370 g/mol. The van der Waals surface area contributed by atoms with Gasteiger partial charge in [0, 0.05) is 29.5 Å². The second-order valence-electron chi connectivity index (χ2n) is 4.74. The number of halogens is 4. The van der Waals surface area contributed by atoms with E-state index in [0.717, 1.165) is 29.1 Å². The van der Waals surface area contributed by atoms with Gasteiger partial charge < -0.3 is 4.90 Å². The number of alkyl halides is 1. The Balaban J connectivity index is 0.000000902. The van der Waals surface area contributed by atoms with Gasteiger partial charge >= 0.3 is 0 Å². The number of aromatic nitrogens is 1. The fraction of sp³-hybridized carbons (Fsp3) is 0.462. The number of fused-ring (bicyclic) bond motifs is 2. The Morgan fingerprint density at radius 1 is 1.42 bits per heavy atom. The molecule has 2 aliphatic rings. The highest BCUT2D eigenvalue weighted by atomic mass is 79.9. The lowest BCUT2D eigenvalue weighted by Crippen LogP contribution is -2.31. The third-order valence-electron chi connectivity index (χ3n) is 3.58. The van der Waals surface area contributed by atoms with Crippen LogP contribution in [0.2, 0.25) is 0 Å². The highest BCUT2D eigenvalue weighted by Crippen LogP contribution is 2.37. The van der Waals surface area contributed by atoms with Crippen LogP contribution in [0.4, 0.5) is 0 Å². The highest BCUT2D eigenvalue weighted by molar-refractivity contribution is 9.10. The average Bonchev–Trinajstić information content (AvgIpc) is 2.70. The second-order valence-corrected chi connectivity index (χ2v) is 6.12. The van der Waals surface area contributed by atoms with Crippen molar-refractivity contribution >= 4 is 58.4 Å². The van der Waals surface area contributed by atoms with E-state index in [4.69, 9.17) is 11.6 Å². The maximum Gasteiger partial charge on any atom is 0.0789 e. The van der Waals surface area contributed by atoms with Crippen LogP contribution >= 0.6 is 52.3 Å². The molecule has 0 amide bonds. The van der Waals surface area contributed by atoms with E-state index in [0.29, 0.717) is 0 Å². The number of allylic oxidation sites excluding steroid dienone is 1. The van der Waals surface area contributed by atoms with E-state index in [1.165, 1.54) is 18.7 Å². The normalized spacial score (nSPS) is 26.8. The number of rotatable bonds is 1. The van der Waals surface area contributed by atoms with Crippen molar-refractivity contribution in [1.29, 1.82) is 0 Å². The first kappa shape index (κ1) is 17.1. The molecule has 3 rings (SSSR count). The van der Waals surface area contributed by atoms with E-state index < -0.39 is 0 Å². The van der Waals surface area contributed by atoms with Crippen molar-refractivity contribution in [2.45, 2.75) is 18.2 Å². The predicted molar refractivity (Wildman–Crippen MR) is 88.3 cm³/mol. The zero-order valence-corrected chi connectivity index (χ0v) is 14.2. The van der Waals surface area contributed by atoms with Crippen LogP contribution in [0.15, 0.2) is 28.5 Å². The molecule has 3 heterocycles. The van der Waals surface area contributed by atoms with E-state index in [1.807, 2.05) is 18.3 Å². The topological polar surface area (TPSA) is 16.1 Å². The zero-order valence-electron chi connectivity index (χ0n) is 10.3. The molecule has 0 aliphatic carbocycles. The average molecular weight is 387 g/mol. The SMILES string of the molecule is Cl.Cl.ClC1CC2CCN(C2)/C1=C\c1ncccc1Br. The summed E-state index contributed by atoms with van der Waals surface area (Å²) in [6.45, 7) is 2.31. The summed E-state index contributed by atoms with van der Waals surface area (Å²) in [5, 5.41) is 0.144. The minimum absolute atomic E-state index is 0. The Bertz CT molecular complexity index is 467. The van der Waals surface area contributed by atoms with Crippen molar-refractivity contribution in [2.75, 3.05) is 13.1 Å². The summed E-state index contributed by atoms with van der Waals surface area (Å²) in [6.07, 6.45) is 6.33. The summed E-state index contributed by atoms with van der Waals surface area (Å²) >= 11 is 9.99. The molecule has 6 heteroatoms. The van der Waals surface area contributed by atoms with Crippen molar-refractivity contribution in [3.05, 3.63) is 34.2 Å². The van der Waals surface area contributed by atoms with Gasteiger partial charge in [0.2, 0.25) is 0 Å². The Kier molecular flexibility index (Phi) is 6.44. The van der Waals surface area contributed by atoms with Crippen LogP contribution in [-0.4, -0.2) is 28.4 Å². The zero-order chi connectivity index (χ0) is 11.8.